The first-order chi connectivity index (χ1) is 17.8. The molecule has 0 spiro atoms. The Balaban J connectivity index is 0.00000336. The number of ketones is 1. The van der Waals surface area contributed by atoms with Gasteiger partial charge in [-0.3, -0.25) is 19.0 Å². The molecular weight excluding hydrogens is 504 g/mol. The van der Waals surface area contributed by atoms with Crippen molar-refractivity contribution in [2.75, 3.05) is 13.7 Å². The summed E-state index contributed by atoms with van der Waals surface area (Å²) in [5.74, 6) is -0.330. The summed E-state index contributed by atoms with van der Waals surface area (Å²) in [6, 6.07) is 16.3. The minimum absolute atomic E-state index is 0. The molecule has 0 radical (unpaired) electrons. The van der Waals surface area contributed by atoms with E-state index < -0.39 is 5.54 Å². The molecule has 1 amide bonds. The number of halogens is 1. The lowest BCUT2D eigenvalue weighted by molar-refractivity contribution is 0.0925. The summed E-state index contributed by atoms with van der Waals surface area (Å²) in [5, 5.41) is 4.02. The highest BCUT2D eigenvalue weighted by Crippen LogP contribution is 2.35. The monoisotopic (exact) mass is 536 g/mol. The first-order valence-corrected chi connectivity index (χ1v) is 12.7. The van der Waals surface area contributed by atoms with Gasteiger partial charge in [-0.15, -0.1) is 12.4 Å². The predicted octanol–water partition coefficient (Wildman–Crippen LogP) is 4.20. The zero-order valence-electron chi connectivity index (χ0n) is 21.7. The molecule has 0 unspecified atom stereocenters. The van der Waals surface area contributed by atoms with E-state index in [1.54, 1.807) is 35.9 Å². The maximum absolute atomic E-state index is 13.9. The summed E-state index contributed by atoms with van der Waals surface area (Å²) in [6.07, 6.45) is 5.00. The van der Waals surface area contributed by atoms with Gasteiger partial charge >= 0.3 is 0 Å². The topological polar surface area (TPSA) is 108 Å². The average molecular weight is 537 g/mol. The summed E-state index contributed by atoms with van der Waals surface area (Å²) in [5.41, 5.74) is 7.72. The molecule has 2 aromatic heterocycles. The molecule has 2 heterocycles. The number of ether oxygens (including phenoxy) is 1. The van der Waals surface area contributed by atoms with Crippen LogP contribution in [0.3, 0.4) is 0 Å². The Morgan fingerprint density at radius 1 is 1.03 bits per heavy atom. The number of aryl methyl sites for hydroxylation is 1. The number of rotatable bonds is 7. The van der Waals surface area contributed by atoms with Crippen molar-refractivity contribution >= 4 is 45.9 Å². The molecule has 4 aromatic rings. The van der Waals surface area contributed by atoms with Crippen LogP contribution in [0.15, 0.2) is 59.4 Å². The lowest BCUT2D eigenvalue weighted by atomic mass is 9.82. The molecule has 1 aliphatic carbocycles. The fourth-order valence-corrected chi connectivity index (χ4v) is 5.57. The van der Waals surface area contributed by atoms with E-state index in [-0.39, 0.29) is 53.0 Å². The number of hydrogen-bond donors (Lipinski definition) is 2. The molecule has 1 saturated carbocycles. The average Bonchev–Trinajstić information content (AvgIpc) is 3.23. The SMILES string of the molecule is COc1c(C(=O)NCC2(N)CCCCC2)n(C)c2c1c(=O)n(CC(=O)c1ccccc1)c1ccccc21.Cl. The molecule has 0 aliphatic heterocycles. The Hall–Kier alpha value is -3.62. The van der Waals surface area contributed by atoms with Crippen LogP contribution in [0.25, 0.3) is 21.8 Å². The number of pyridine rings is 1. The largest absolute Gasteiger partial charge is 0.493 e. The minimum atomic E-state index is -0.428. The molecule has 8 nitrogen and oxygen atoms in total. The summed E-state index contributed by atoms with van der Waals surface area (Å²) >= 11 is 0. The number of carbonyl (C=O) groups excluding carboxylic acids is 2. The van der Waals surface area contributed by atoms with Gasteiger partial charge in [0.1, 0.15) is 5.39 Å². The number of amides is 1. The van der Waals surface area contributed by atoms with Gasteiger partial charge in [0.15, 0.2) is 17.2 Å². The molecule has 0 saturated heterocycles. The Morgan fingerprint density at radius 3 is 2.37 bits per heavy atom. The zero-order chi connectivity index (χ0) is 26.2. The van der Waals surface area contributed by atoms with Gasteiger partial charge in [0.05, 0.1) is 24.7 Å². The maximum atomic E-state index is 13.9. The van der Waals surface area contributed by atoms with E-state index >= 15 is 0 Å². The Bertz CT molecular complexity index is 1550. The normalized spacial score (nSPS) is 14.7. The number of fused-ring (bicyclic) bond motifs is 3. The van der Waals surface area contributed by atoms with Gasteiger partial charge in [0.25, 0.3) is 11.5 Å². The van der Waals surface area contributed by atoms with Crippen LogP contribution in [0, 0.1) is 0 Å². The molecule has 3 N–H and O–H groups in total. The number of nitrogens with zero attached hydrogens (tertiary/aromatic N) is 2. The highest BCUT2D eigenvalue weighted by Gasteiger charge is 2.31. The van der Waals surface area contributed by atoms with E-state index in [0.29, 0.717) is 23.1 Å². The van der Waals surface area contributed by atoms with Crippen molar-refractivity contribution in [3.8, 4) is 5.75 Å². The molecule has 0 bridgehead atoms. The highest BCUT2D eigenvalue weighted by molar-refractivity contribution is 6.12. The molecule has 1 fully saturated rings. The molecule has 9 heteroatoms. The van der Waals surface area contributed by atoms with Crippen LogP contribution in [0.2, 0.25) is 0 Å². The van der Waals surface area contributed by atoms with Crippen molar-refractivity contribution in [3.05, 3.63) is 76.2 Å². The van der Waals surface area contributed by atoms with Crippen molar-refractivity contribution in [1.29, 1.82) is 0 Å². The lowest BCUT2D eigenvalue weighted by Gasteiger charge is -2.33. The van der Waals surface area contributed by atoms with Crippen LogP contribution in [-0.4, -0.2) is 40.0 Å². The maximum Gasteiger partial charge on any atom is 0.271 e. The van der Waals surface area contributed by atoms with E-state index in [2.05, 4.69) is 5.32 Å². The lowest BCUT2D eigenvalue weighted by Crippen LogP contribution is -2.51. The van der Waals surface area contributed by atoms with E-state index in [0.717, 1.165) is 37.5 Å². The van der Waals surface area contributed by atoms with Crippen molar-refractivity contribution < 1.29 is 14.3 Å². The van der Waals surface area contributed by atoms with Crippen molar-refractivity contribution in [2.45, 2.75) is 44.2 Å². The Labute approximate surface area is 227 Å². The van der Waals surface area contributed by atoms with E-state index in [4.69, 9.17) is 10.5 Å². The van der Waals surface area contributed by atoms with Gasteiger partial charge in [0, 0.05) is 30.1 Å². The van der Waals surface area contributed by atoms with Gasteiger partial charge in [-0.2, -0.15) is 0 Å². The first kappa shape index (κ1) is 27.4. The zero-order valence-corrected chi connectivity index (χ0v) is 22.5. The standard InChI is InChI=1S/C29H32N4O4.ClH/c1-32-24-20-13-7-8-14-21(20)33(17-22(34)19-11-5-3-6-12-19)28(36)23(24)26(37-2)25(32)27(35)31-18-29(30)15-9-4-10-16-29;/h3,5-8,11-14H,4,9-10,15-18,30H2,1-2H3,(H,31,35);1H. The molecule has 5 rings (SSSR count). The fraction of sp³-hybridized carbons (Fsp3) is 0.345. The Morgan fingerprint density at radius 2 is 1.68 bits per heavy atom. The molecule has 0 atom stereocenters. The number of para-hydroxylation sites is 1. The third-order valence-corrected chi connectivity index (χ3v) is 7.53. The quantitative estimate of drug-likeness (QED) is 0.344. The predicted molar refractivity (Wildman–Crippen MR) is 152 cm³/mol. The number of nitrogens with one attached hydrogen (secondary N) is 1. The number of aromatic nitrogens is 2. The van der Waals surface area contributed by atoms with Crippen LogP contribution in [0.4, 0.5) is 0 Å². The number of nitrogens with two attached hydrogens (primary N) is 1. The third-order valence-electron chi connectivity index (χ3n) is 7.53. The Kier molecular flexibility index (Phi) is 7.94. The van der Waals surface area contributed by atoms with Crippen LogP contribution in [-0.2, 0) is 13.6 Å². The summed E-state index contributed by atoms with van der Waals surface area (Å²) < 4.78 is 8.86. The molecule has 38 heavy (non-hydrogen) atoms. The van der Waals surface area contributed by atoms with Crippen LogP contribution in [0.5, 0.6) is 5.75 Å². The van der Waals surface area contributed by atoms with Gasteiger partial charge in [-0.05, 0) is 18.9 Å². The van der Waals surface area contributed by atoms with E-state index in [9.17, 15) is 14.4 Å². The number of carbonyl (C=O) groups is 2. The van der Waals surface area contributed by atoms with Gasteiger partial charge < -0.3 is 20.4 Å². The van der Waals surface area contributed by atoms with Crippen molar-refractivity contribution in [2.24, 2.45) is 12.8 Å². The smallest absolute Gasteiger partial charge is 0.271 e. The second kappa shape index (κ2) is 11.0. The number of hydrogen-bond acceptors (Lipinski definition) is 5. The van der Waals surface area contributed by atoms with Gasteiger partial charge in [0.2, 0.25) is 0 Å². The number of Topliss-reactive ketones (excluding diaryl/α,β-unsaturated/α-hetero) is 1. The second-order valence-corrected chi connectivity index (χ2v) is 9.97. The van der Waals surface area contributed by atoms with Gasteiger partial charge in [-0.1, -0.05) is 67.8 Å². The van der Waals surface area contributed by atoms with Crippen LogP contribution < -0.4 is 21.3 Å². The van der Waals surface area contributed by atoms with Crippen molar-refractivity contribution in [1.82, 2.24) is 14.5 Å². The number of methoxy groups -OCH3 is 1. The number of benzene rings is 2. The van der Waals surface area contributed by atoms with E-state index in [1.165, 1.54) is 11.7 Å². The molecule has 200 valence electrons. The summed E-state index contributed by atoms with van der Waals surface area (Å²) in [6.45, 7) is 0.224. The van der Waals surface area contributed by atoms with Gasteiger partial charge in [-0.25, -0.2) is 0 Å². The summed E-state index contributed by atoms with van der Waals surface area (Å²) in [4.78, 5) is 40.4. The highest BCUT2D eigenvalue weighted by atomic mass is 35.5. The fourth-order valence-electron chi connectivity index (χ4n) is 5.57. The molecular formula is C29H33ClN4O4. The molecule has 2 aromatic carbocycles. The first-order valence-electron chi connectivity index (χ1n) is 12.7. The van der Waals surface area contributed by atoms with Crippen molar-refractivity contribution in [3.63, 3.8) is 0 Å². The minimum Gasteiger partial charge on any atom is -0.493 e. The van der Waals surface area contributed by atoms with Crippen LogP contribution in [0.1, 0.15) is 53.0 Å². The third kappa shape index (κ3) is 4.81. The van der Waals surface area contributed by atoms with E-state index in [1.807, 2.05) is 30.3 Å². The summed E-state index contributed by atoms with van der Waals surface area (Å²) in [7, 11) is 3.20. The van der Waals surface area contributed by atoms with Crippen LogP contribution >= 0.6 is 12.4 Å². The second-order valence-electron chi connectivity index (χ2n) is 9.97. The molecule has 1 aliphatic rings.